The summed E-state index contributed by atoms with van der Waals surface area (Å²) in [5.74, 6) is 2.13. The Morgan fingerprint density at radius 3 is 2.48 bits per heavy atom. The van der Waals surface area contributed by atoms with Gasteiger partial charge in [-0.15, -0.1) is 10.2 Å². The number of nitrogens with zero attached hydrogens (tertiary/aromatic N) is 3. The summed E-state index contributed by atoms with van der Waals surface area (Å²) >= 11 is 1.38. The molecule has 1 N–H and O–H groups in total. The Morgan fingerprint density at radius 2 is 1.83 bits per heavy atom. The number of benzene rings is 2. The number of hydrogen-bond acceptors (Lipinski definition) is 6. The molecule has 2 aromatic carbocycles. The van der Waals surface area contributed by atoms with Gasteiger partial charge in [-0.25, -0.2) is 0 Å². The van der Waals surface area contributed by atoms with E-state index in [4.69, 9.17) is 9.47 Å². The first-order chi connectivity index (χ1) is 14.0. The molecule has 0 saturated carbocycles. The molecule has 0 aliphatic rings. The van der Waals surface area contributed by atoms with Gasteiger partial charge in [-0.1, -0.05) is 17.8 Å². The van der Waals surface area contributed by atoms with E-state index in [-0.39, 0.29) is 11.2 Å². The maximum atomic E-state index is 12.6. The number of ether oxygens (including phenoxy) is 2. The molecule has 3 rings (SSSR count). The number of carbonyl (C=O) groups is 1. The number of amides is 1. The highest BCUT2D eigenvalue weighted by atomic mass is 32.2. The van der Waals surface area contributed by atoms with Gasteiger partial charge in [0.05, 0.1) is 19.5 Å². The molecule has 0 bridgehead atoms. The van der Waals surface area contributed by atoms with Gasteiger partial charge in [-0.3, -0.25) is 4.79 Å². The predicted molar refractivity (Wildman–Crippen MR) is 115 cm³/mol. The lowest BCUT2D eigenvalue weighted by Crippen LogP contribution is -2.23. The lowest BCUT2D eigenvalue weighted by Gasteiger charge is -2.13. The lowest BCUT2D eigenvalue weighted by atomic mass is 10.2. The van der Waals surface area contributed by atoms with Gasteiger partial charge in [0.15, 0.2) is 11.0 Å². The molecule has 7 nitrogen and oxygen atoms in total. The molecule has 0 fully saturated rings. The van der Waals surface area contributed by atoms with Crippen LogP contribution in [0.15, 0.2) is 53.7 Å². The minimum absolute atomic E-state index is 0.111. The highest BCUT2D eigenvalue weighted by Crippen LogP contribution is 2.28. The Morgan fingerprint density at radius 1 is 1.10 bits per heavy atom. The van der Waals surface area contributed by atoms with Crippen molar-refractivity contribution in [3.63, 3.8) is 0 Å². The van der Waals surface area contributed by atoms with Crippen LogP contribution in [0.25, 0.3) is 11.4 Å². The topological polar surface area (TPSA) is 78.3 Å². The molecule has 0 aliphatic carbocycles. The quantitative estimate of drug-likeness (QED) is 0.561. The molecule has 3 aromatic rings. The van der Waals surface area contributed by atoms with Gasteiger partial charge >= 0.3 is 0 Å². The van der Waals surface area contributed by atoms with E-state index in [1.54, 1.807) is 20.3 Å². The molecule has 0 radical (unpaired) electrons. The van der Waals surface area contributed by atoms with Crippen molar-refractivity contribution in [2.75, 3.05) is 19.5 Å². The summed E-state index contributed by atoms with van der Waals surface area (Å²) in [5.41, 5.74) is 1.64. The normalized spacial score (nSPS) is 11.7. The molecule has 0 unspecified atom stereocenters. The number of carbonyl (C=O) groups excluding carboxylic acids is 1. The van der Waals surface area contributed by atoms with Gasteiger partial charge < -0.3 is 19.4 Å². The fourth-order valence-electron chi connectivity index (χ4n) is 2.77. The largest absolute Gasteiger partial charge is 0.497 e. The minimum atomic E-state index is -0.348. The number of hydrogen-bond donors (Lipinski definition) is 1. The van der Waals surface area contributed by atoms with Crippen molar-refractivity contribution in [2.24, 2.45) is 0 Å². The van der Waals surface area contributed by atoms with Crippen LogP contribution in [0, 0.1) is 0 Å². The van der Waals surface area contributed by atoms with E-state index in [0.717, 1.165) is 17.1 Å². The van der Waals surface area contributed by atoms with Gasteiger partial charge in [-0.05, 0) is 50.2 Å². The summed E-state index contributed by atoms with van der Waals surface area (Å²) in [6.07, 6.45) is 0. The molecule has 1 heterocycles. The SMILES string of the molecule is CCn1c(S[C@@H](C)C(=O)Nc2cccc(OC)c2)nnc1-c1ccc(OC)cc1. The molecule has 8 heteroatoms. The first-order valence-corrected chi connectivity index (χ1v) is 10.1. The van der Waals surface area contributed by atoms with Crippen LogP contribution in [0.5, 0.6) is 11.5 Å². The maximum absolute atomic E-state index is 12.6. The Bertz CT molecular complexity index is 972. The van der Waals surface area contributed by atoms with E-state index in [1.807, 2.05) is 60.9 Å². The standard InChI is InChI=1S/C21H24N4O3S/c1-5-25-19(15-9-11-17(27-3)12-10-15)23-24-21(25)29-14(2)20(26)22-16-7-6-8-18(13-16)28-4/h6-14H,5H2,1-4H3,(H,22,26)/t14-/m0/s1. The Balaban J connectivity index is 1.73. The second kappa shape index (κ2) is 9.47. The first kappa shape index (κ1) is 20.7. The number of anilines is 1. The number of methoxy groups -OCH3 is 2. The maximum Gasteiger partial charge on any atom is 0.237 e. The summed E-state index contributed by atoms with van der Waals surface area (Å²) in [4.78, 5) is 12.6. The van der Waals surface area contributed by atoms with Crippen LogP contribution in [-0.4, -0.2) is 40.1 Å². The smallest absolute Gasteiger partial charge is 0.237 e. The molecule has 152 valence electrons. The van der Waals surface area contributed by atoms with E-state index in [9.17, 15) is 4.79 Å². The van der Waals surface area contributed by atoms with E-state index in [1.165, 1.54) is 11.8 Å². The molecular weight excluding hydrogens is 388 g/mol. The summed E-state index contributed by atoms with van der Waals surface area (Å²) in [7, 11) is 3.23. The van der Waals surface area contributed by atoms with Crippen LogP contribution in [0.2, 0.25) is 0 Å². The van der Waals surface area contributed by atoms with E-state index in [2.05, 4.69) is 15.5 Å². The fourth-order valence-corrected chi connectivity index (χ4v) is 3.68. The Kier molecular flexibility index (Phi) is 6.77. The van der Waals surface area contributed by atoms with E-state index >= 15 is 0 Å². The zero-order valence-electron chi connectivity index (χ0n) is 16.9. The third kappa shape index (κ3) is 4.89. The lowest BCUT2D eigenvalue weighted by molar-refractivity contribution is -0.115. The monoisotopic (exact) mass is 412 g/mol. The zero-order chi connectivity index (χ0) is 20.8. The van der Waals surface area contributed by atoms with Crippen molar-refractivity contribution in [1.29, 1.82) is 0 Å². The van der Waals surface area contributed by atoms with Crippen LogP contribution in [0.1, 0.15) is 13.8 Å². The van der Waals surface area contributed by atoms with Gasteiger partial charge in [0.25, 0.3) is 0 Å². The molecule has 0 spiro atoms. The number of aromatic nitrogens is 3. The molecule has 0 aliphatic heterocycles. The fraction of sp³-hybridized carbons (Fsp3) is 0.286. The van der Waals surface area contributed by atoms with Crippen molar-refractivity contribution in [3.05, 3.63) is 48.5 Å². The molecule has 29 heavy (non-hydrogen) atoms. The van der Waals surface area contributed by atoms with Gasteiger partial charge in [-0.2, -0.15) is 0 Å². The predicted octanol–water partition coefficient (Wildman–Crippen LogP) is 4.10. The summed E-state index contributed by atoms with van der Waals surface area (Å²) in [6.45, 7) is 4.57. The molecule has 1 amide bonds. The summed E-state index contributed by atoms with van der Waals surface area (Å²) < 4.78 is 12.4. The second-order valence-corrected chi connectivity index (χ2v) is 7.57. The van der Waals surface area contributed by atoms with Crippen molar-refractivity contribution < 1.29 is 14.3 Å². The van der Waals surface area contributed by atoms with Crippen molar-refractivity contribution >= 4 is 23.4 Å². The highest BCUT2D eigenvalue weighted by molar-refractivity contribution is 8.00. The third-order valence-electron chi connectivity index (χ3n) is 4.37. The number of rotatable bonds is 8. The first-order valence-electron chi connectivity index (χ1n) is 9.25. The molecule has 0 saturated heterocycles. The van der Waals surface area contributed by atoms with Crippen molar-refractivity contribution in [3.8, 4) is 22.9 Å². The second-order valence-electron chi connectivity index (χ2n) is 6.26. The van der Waals surface area contributed by atoms with Crippen LogP contribution in [0.4, 0.5) is 5.69 Å². The minimum Gasteiger partial charge on any atom is -0.497 e. The van der Waals surface area contributed by atoms with Gasteiger partial charge in [0.2, 0.25) is 5.91 Å². The van der Waals surface area contributed by atoms with Gasteiger partial charge in [0, 0.05) is 23.9 Å². The highest BCUT2D eigenvalue weighted by Gasteiger charge is 2.20. The van der Waals surface area contributed by atoms with Crippen LogP contribution in [0.3, 0.4) is 0 Å². The van der Waals surface area contributed by atoms with Crippen LogP contribution < -0.4 is 14.8 Å². The molecular formula is C21H24N4O3S. The number of nitrogens with one attached hydrogen (secondary N) is 1. The summed E-state index contributed by atoms with van der Waals surface area (Å²) in [5, 5.41) is 11.9. The van der Waals surface area contributed by atoms with Crippen molar-refractivity contribution in [1.82, 2.24) is 14.8 Å². The van der Waals surface area contributed by atoms with E-state index in [0.29, 0.717) is 23.1 Å². The Hall–Kier alpha value is -3.00. The van der Waals surface area contributed by atoms with E-state index < -0.39 is 0 Å². The molecule has 1 aromatic heterocycles. The van der Waals surface area contributed by atoms with Gasteiger partial charge in [0.1, 0.15) is 11.5 Å². The summed E-state index contributed by atoms with van der Waals surface area (Å²) in [6, 6.07) is 15.0. The number of thioether (sulfide) groups is 1. The Labute approximate surface area is 174 Å². The van der Waals surface area contributed by atoms with Crippen molar-refractivity contribution in [2.45, 2.75) is 30.8 Å². The van der Waals surface area contributed by atoms with Crippen LogP contribution >= 0.6 is 11.8 Å². The molecule has 1 atom stereocenters. The zero-order valence-corrected chi connectivity index (χ0v) is 17.7. The average Bonchev–Trinajstić information content (AvgIpc) is 3.16. The third-order valence-corrected chi connectivity index (χ3v) is 5.45. The average molecular weight is 413 g/mol. The van der Waals surface area contributed by atoms with Crippen LogP contribution in [-0.2, 0) is 11.3 Å².